The lowest BCUT2D eigenvalue weighted by atomic mass is 9.33. The largest absolute Gasteiger partial charge is 0.465 e. The number of carbonyl (C=O) groups excluding carboxylic acids is 2. The molecule has 8 rings (SSSR count). The first-order chi connectivity index (χ1) is 28.8. The Morgan fingerprint density at radius 2 is 1.59 bits per heavy atom. The van der Waals surface area contributed by atoms with E-state index in [2.05, 4.69) is 70.5 Å². The SMILES string of the molecule is C=C(C)[C@@H]1CC[C@]2(NCCN3CCS(=O)(=O)CC3)CC[C@]3(C)[C@H](CCC4[C@@]5(C)CC=C(C6=CCC(COC(=O)c7ccccc7)(C(=O)OCC)CC6)C(C)(C)C5CC[C@]43C)C12. The summed E-state index contributed by atoms with van der Waals surface area (Å²) in [6.45, 7) is 25.3. The number of hydrogen-bond donors (Lipinski definition) is 1. The Labute approximate surface area is 368 Å². The fourth-order valence-corrected chi connectivity index (χ4v) is 17.0. The number of carbonyl (C=O) groups is 2. The highest BCUT2D eigenvalue weighted by Gasteiger charge is 2.70. The van der Waals surface area contributed by atoms with Gasteiger partial charge in [-0.3, -0.25) is 4.79 Å². The van der Waals surface area contributed by atoms with Crippen molar-refractivity contribution in [1.29, 1.82) is 0 Å². The van der Waals surface area contributed by atoms with Gasteiger partial charge in [-0.1, -0.05) is 77.1 Å². The molecule has 0 aromatic heterocycles. The summed E-state index contributed by atoms with van der Waals surface area (Å²) < 4.78 is 35.7. The van der Waals surface area contributed by atoms with Crippen LogP contribution >= 0.6 is 0 Å². The molecule has 8 nitrogen and oxygen atoms in total. The number of ether oxygens (including phenoxy) is 2. The predicted molar refractivity (Wildman–Crippen MR) is 244 cm³/mol. The third-order valence-corrected chi connectivity index (χ3v) is 20.8. The molecule has 1 N–H and O–H groups in total. The van der Waals surface area contributed by atoms with Gasteiger partial charge in [0.15, 0.2) is 9.84 Å². The highest BCUT2D eigenvalue weighted by molar-refractivity contribution is 7.91. The van der Waals surface area contributed by atoms with Gasteiger partial charge in [-0.15, -0.1) is 0 Å². The molecule has 7 aliphatic rings. The number of nitrogens with one attached hydrogen (secondary N) is 1. The maximum Gasteiger partial charge on any atom is 0.338 e. The van der Waals surface area contributed by atoms with Gasteiger partial charge in [-0.25, -0.2) is 13.2 Å². The van der Waals surface area contributed by atoms with Gasteiger partial charge in [0.2, 0.25) is 0 Å². The molecule has 0 bridgehead atoms. The average Bonchev–Trinajstić information content (AvgIpc) is 3.61. The van der Waals surface area contributed by atoms with E-state index >= 15 is 0 Å². The average molecular weight is 857 g/mol. The normalized spacial score (nSPS) is 40.2. The van der Waals surface area contributed by atoms with Crippen LogP contribution in [0, 0.1) is 56.7 Å². The molecule has 5 fully saturated rings. The Kier molecular flexibility index (Phi) is 12.0. The van der Waals surface area contributed by atoms with E-state index in [1.807, 2.05) is 25.1 Å². The molecule has 1 heterocycles. The van der Waals surface area contributed by atoms with E-state index in [1.54, 1.807) is 12.1 Å². The Morgan fingerprint density at radius 3 is 2.26 bits per heavy atom. The van der Waals surface area contributed by atoms with Crippen molar-refractivity contribution in [3.05, 3.63) is 71.3 Å². The molecule has 9 heteroatoms. The summed E-state index contributed by atoms with van der Waals surface area (Å²) in [6.07, 6.45) is 17.8. The fraction of sp³-hybridized carbons (Fsp3) is 0.731. The van der Waals surface area contributed by atoms with Crippen LogP contribution in [-0.4, -0.2) is 81.7 Å². The van der Waals surface area contributed by atoms with Crippen LogP contribution in [0.4, 0.5) is 0 Å². The van der Waals surface area contributed by atoms with Crippen LogP contribution in [0.5, 0.6) is 0 Å². The van der Waals surface area contributed by atoms with E-state index in [1.165, 1.54) is 68.1 Å². The number of allylic oxidation sites excluding steroid dienone is 5. The summed E-state index contributed by atoms with van der Waals surface area (Å²) in [7, 11) is -2.88. The van der Waals surface area contributed by atoms with Gasteiger partial charge >= 0.3 is 11.9 Å². The monoisotopic (exact) mass is 857 g/mol. The highest BCUT2D eigenvalue weighted by Crippen LogP contribution is 2.76. The van der Waals surface area contributed by atoms with Crippen molar-refractivity contribution in [1.82, 2.24) is 10.2 Å². The summed E-state index contributed by atoms with van der Waals surface area (Å²) >= 11 is 0. The first kappa shape index (κ1) is 44.8. The lowest BCUT2D eigenvalue weighted by Gasteiger charge is -2.72. The summed E-state index contributed by atoms with van der Waals surface area (Å²) in [5.74, 6) is 2.90. The standard InChI is InChI=1S/C52H76N2O6S/c1-9-59-46(56)51(35-60-45(55)38-13-11-10-12-14-38)24-17-37(18-25-51)40-20-22-48(6)42(47(40,4)5)21-23-50(8)43(48)16-15-41-44-39(36(2)3)19-26-52(44,28-27-49(41,50)7)53-29-30-54-31-33-61(57,58)34-32-54/h10-14,17,20,39,41-44,53H,2,9,15-16,18-19,21-35H2,1,3-8H3/t39-,41+,42?,43?,44?,48-,49+,50+,51?,52-/m0/s1. The van der Waals surface area contributed by atoms with Gasteiger partial charge in [0.1, 0.15) is 12.0 Å². The molecule has 6 aliphatic carbocycles. The van der Waals surface area contributed by atoms with Gasteiger partial charge in [0, 0.05) is 31.7 Å². The quantitative estimate of drug-likeness (QED) is 0.174. The Bertz CT molecular complexity index is 2030. The molecule has 1 aromatic carbocycles. The van der Waals surface area contributed by atoms with Crippen LogP contribution in [0.1, 0.15) is 136 Å². The molecule has 1 aliphatic heterocycles. The van der Waals surface area contributed by atoms with E-state index in [-0.39, 0.29) is 51.3 Å². The summed E-state index contributed by atoms with van der Waals surface area (Å²) in [4.78, 5) is 28.9. The van der Waals surface area contributed by atoms with Crippen LogP contribution in [0.25, 0.3) is 0 Å². The molecule has 61 heavy (non-hydrogen) atoms. The van der Waals surface area contributed by atoms with Gasteiger partial charge < -0.3 is 19.7 Å². The zero-order valence-electron chi connectivity index (χ0n) is 38.6. The third-order valence-electron chi connectivity index (χ3n) is 19.1. The molecule has 4 unspecified atom stereocenters. The second kappa shape index (κ2) is 16.4. The topological polar surface area (TPSA) is 102 Å². The number of sulfone groups is 1. The van der Waals surface area contributed by atoms with Gasteiger partial charge in [-0.2, -0.15) is 0 Å². The number of esters is 2. The minimum atomic E-state index is -2.88. The van der Waals surface area contributed by atoms with Crippen molar-refractivity contribution < 1.29 is 27.5 Å². The Morgan fingerprint density at radius 1 is 0.852 bits per heavy atom. The third kappa shape index (κ3) is 7.54. The fourth-order valence-electron chi connectivity index (χ4n) is 15.7. The predicted octanol–water partition coefficient (Wildman–Crippen LogP) is 9.77. The molecule has 1 saturated heterocycles. The number of nitrogens with zero attached hydrogens (tertiary/aromatic N) is 1. The van der Waals surface area contributed by atoms with E-state index < -0.39 is 21.2 Å². The molecule has 336 valence electrons. The smallest absolute Gasteiger partial charge is 0.338 e. The summed E-state index contributed by atoms with van der Waals surface area (Å²) in [5, 5.41) is 4.23. The first-order valence-electron chi connectivity index (χ1n) is 24.0. The van der Waals surface area contributed by atoms with Gasteiger partial charge in [-0.05, 0) is 165 Å². The lowest BCUT2D eigenvalue weighted by molar-refractivity contribution is -0.221. The molecule has 0 radical (unpaired) electrons. The molecule has 10 atom stereocenters. The second-order valence-corrected chi connectivity index (χ2v) is 24.5. The second-order valence-electron chi connectivity index (χ2n) is 22.2. The van der Waals surface area contributed by atoms with Crippen molar-refractivity contribution in [2.75, 3.05) is 50.9 Å². The number of rotatable bonds is 11. The zero-order valence-corrected chi connectivity index (χ0v) is 39.4. The van der Waals surface area contributed by atoms with Crippen molar-refractivity contribution in [3.63, 3.8) is 0 Å². The minimum absolute atomic E-state index is 0.0116. The van der Waals surface area contributed by atoms with Crippen molar-refractivity contribution >= 4 is 21.8 Å². The van der Waals surface area contributed by atoms with E-state index in [0.717, 1.165) is 25.9 Å². The van der Waals surface area contributed by atoms with Crippen molar-refractivity contribution in [3.8, 4) is 0 Å². The van der Waals surface area contributed by atoms with Crippen LogP contribution in [0.2, 0.25) is 0 Å². The molecule has 1 aromatic rings. The summed E-state index contributed by atoms with van der Waals surface area (Å²) in [5.41, 5.74) is 4.60. The zero-order chi connectivity index (χ0) is 43.6. The summed E-state index contributed by atoms with van der Waals surface area (Å²) in [6, 6.07) is 9.01. The van der Waals surface area contributed by atoms with Crippen molar-refractivity contribution in [2.24, 2.45) is 56.7 Å². The van der Waals surface area contributed by atoms with Crippen molar-refractivity contribution in [2.45, 2.75) is 131 Å². The molecule has 0 spiro atoms. The van der Waals surface area contributed by atoms with E-state index in [4.69, 9.17) is 9.47 Å². The van der Waals surface area contributed by atoms with Crippen LogP contribution in [-0.2, 0) is 24.1 Å². The molecular weight excluding hydrogens is 781 g/mol. The van der Waals surface area contributed by atoms with E-state index in [9.17, 15) is 18.0 Å². The maximum absolute atomic E-state index is 13.6. The van der Waals surface area contributed by atoms with Crippen LogP contribution in [0.3, 0.4) is 0 Å². The Hall–Kier alpha value is -2.75. The molecular formula is C52H76N2O6S. The Balaban J connectivity index is 1.01. The number of benzene rings is 1. The number of hydrogen-bond acceptors (Lipinski definition) is 8. The number of fused-ring (bicyclic) bond motifs is 7. The molecule has 0 amide bonds. The van der Waals surface area contributed by atoms with E-state index in [0.29, 0.717) is 67.7 Å². The molecule has 4 saturated carbocycles. The first-order valence-corrected chi connectivity index (χ1v) is 25.8. The van der Waals surface area contributed by atoms with Gasteiger partial charge in [0.05, 0.1) is 23.7 Å². The lowest BCUT2D eigenvalue weighted by Crippen LogP contribution is -2.68. The van der Waals surface area contributed by atoms with Crippen LogP contribution < -0.4 is 5.32 Å². The highest BCUT2D eigenvalue weighted by atomic mass is 32.2. The van der Waals surface area contributed by atoms with Crippen LogP contribution in [0.15, 0.2) is 65.8 Å². The van der Waals surface area contributed by atoms with Gasteiger partial charge in [0.25, 0.3) is 0 Å². The maximum atomic E-state index is 13.6. The minimum Gasteiger partial charge on any atom is -0.465 e.